The number of halogens is 28. The van der Waals surface area contributed by atoms with Crippen molar-refractivity contribution in [2.75, 3.05) is 52.9 Å². The summed E-state index contributed by atoms with van der Waals surface area (Å²) in [6.07, 6.45) is 8.24. The Balaban J connectivity index is 0.000000163. The van der Waals surface area contributed by atoms with E-state index in [4.69, 9.17) is 37.9 Å². The summed E-state index contributed by atoms with van der Waals surface area (Å²) < 4.78 is 438. The Morgan fingerprint density at radius 2 is 0.404 bits per heavy atom. The Labute approximate surface area is 821 Å². The lowest BCUT2D eigenvalue weighted by Crippen LogP contribution is -2.26. The minimum Gasteiger partial charge on any atom is -0.487 e. The first-order valence-electron chi connectivity index (χ1n) is 47.1. The van der Waals surface area contributed by atoms with Crippen molar-refractivity contribution in [3.8, 4) is 67.5 Å². The van der Waals surface area contributed by atoms with Crippen LogP contribution in [0.4, 0.5) is 123 Å². The Kier molecular flexibility index (Phi) is 38.3. The molecule has 0 amide bonds. The van der Waals surface area contributed by atoms with E-state index in [0.717, 1.165) is 87.1 Å². The van der Waals surface area contributed by atoms with Gasteiger partial charge in [-0.25, -0.2) is 123 Å². The van der Waals surface area contributed by atoms with Crippen LogP contribution < -0.4 is 18.9 Å². The number of aryl methyl sites for hydroxylation is 4. The zero-order valence-electron chi connectivity index (χ0n) is 78.7. The van der Waals surface area contributed by atoms with Crippen LogP contribution in [0.25, 0.3) is 44.5 Å². The molecular weight excluding hydrogens is 1980 g/mol. The summed E-state index contributed by atoms with van der Waals surface area (Å²) >= 11 is 0. The van der Waals surface area contributed by atoms with E-state index in [9.17, 15) is 123 Å². The van der Waals surface area contributed by atoms with Crippen LogP contribution in [0.5, 0.6) is 23.0 Å². The second kappa shape index (κ2) is 50.4. The second-order valence-corrected chi connectivity index (χ2v) is 36.0. The molecule has 8 unspecified atom stereocenters. The fraction of sp³-hybridized carbons (Fsp3) is 0.345. The average Bonchev–Trinajstić information content (AvgIpc) is 0.792. The third kappa shape index (κ3) is 27.6. The van der Waals surface area contributed by atoms with E-state index in [0.29, 0.717) is 148 Å². The van der Waals surface area contributed by atoms with Gasteiger partial charge in [0, 0.05) is 23.7 Å². The number of hydrogen-bond acceptors (Lipinski definition) is 8. The molecule has 0 aromatic heterocycles. The molecule has 8 atom stereocenters. The highest BCUT2D eigenvalue weighted by atomic mass is 19.2. The van der Waals surface area contributed by atoms with Crippen molar-refractivity contribution in [2.24, 2.45) is 23.7 Å². The summed E-state index contributed by atoms with van der Waals surface area (Å²) in [7, 11) is 0. The third-order valence-corrected chi connectivity index (χ3v) is 25.2. The molecule has 12 aromatic carbocycles. The van der Waals surface area contributed by atoms with Crippen LogP contribution in [-0.4, -0.2) is 52.9 Å². The number of benzene rings is 12. The minimum atomic E-state index is -1.73. The van der Waals surface area contributed by atoms with Crippen LogP contribution in [0.15, 0.2) is 146 Å². The van der Waals surface area contributed by atoms with E-state index >= 15 is 0 Å². The highest BCUT2D eigenvalue weighted by Gasteiger charge is 2.35. The van der Waals surface area contributed by atoms with Crippen LogP contribution in [0.2, 0.25) is 0 Å². The van der Waals surface area contributed by atoms with Gasteiger partial charge in [0.05, 0.1) is 99.5 Å². The number of unbranched alkanes of at least 4 members (excludes halogenated alkanes) is 3. The molecule has 8 nitrogen and oxygen atoms in total. The summed E-state index contributed by atoms with van der Waals surface area (Å²) in [5.41, 5.74) is -1.73. The van der Waals surface area contributed by atoms with Crippen LogP contribution in [0, 0.1) is 187 Å². The molecule has 146 heavy (non-hydrogen) atoms. The fourth-order valence-electron chi connectivity index (χ4n) is 17.5. The average molecular weight is 2080 g/mol. The molecule has 0 N–H and O–H groups in total. The van der Waals surface area contributed by atoms with Crippen LogP contribution in [0.1, 0.15) is 187 Å². The second-order valence-electron chi connectivity index (χ2n) is 36.0. The van der Waals surface area contributed by atoms with Crippen molar-refractivity contribution in [2.45, 2.75) is 168 Å². The lowest BCUT2D eigenvalue weighted by Gasteiger charge is -2.29. The van der Waals surface area contributed by atoms with E-state index in [1.165, 1.54) is 48.5 Å². The quantitative estimate of drug-likeness (QED) is 0.0250. The predicted octanol–water partition coefficient (Wildman–Crippen LogP) is 32.1. The first-order valence-corrected chi connectivity index (χ1v) is 47.1. The van der Waals surface area contributed by atoms with Crippen molar-refractivity contribution in [3.05, 3.63) is 353 Å². The van der Waals surface area contributed by atoms with Crippen molar-refractivity contribution in [3.63, 3.8) is 0 Å². The van der Waals surface area contributed by atoms with Gasteiger partial charge in [0.25, 0.3) is 0 Å². The molecule has 4 aliphatic heterocycles. The SMILES string of the molecule is CCCCCc1cc(F)c(OCC2CCC(c3cc(F)c(-c4cc(F)c(F)c(F)c4)c(F)c3)OC2)c(F)c1.CCCCc1cc(F)c(OCC2CCC(c3cc(F)c(-c4cc(F)c(F)c(F)c4)c(F)c3)OC2)c(F)c1.CCCc1cc(F)c(OCC2CCC(c3cc(F)c(-c4cc(F)c(F)c(F)c4)c(F)c3)OC2)c(F)c1.CCc1cc(F)c(OCC2CCC(c3cc(F)c(-c4cc(F)c(F)c(F)c4)c(F)c3)OC2)c(F)c1. The van der Waals surface area contributed by atoms with Gasteiger partial charge in [0.1, 0.15) is 46.5 Å². The molecule has 36 heteroatoms. The van der Waals surface area contributed by atoms with Gasteiger partial charge in [-0.15, -0.1) is 0 Å². The van der Waals surface area contributed by atoms with E-state index in [1.54, 1.807) is 6.92 Å². The molecule has 4 saturated heterocycles. The van der Waals surface area contributed by atoms with E-state index in [2.05, 4.69) is 0 Å². The summed E-state index contributed by atoms with van der Waals surface area (Å²) in [6.45, 7) is 8.21. The van der Waals surface area contributed by atoms with Crippen LogP contribution in [-0.2, 0) is 44.6 Å². The number of rotatable bonds is 30. The third-order valence-electron chi connectivity index (χ3n) is 25.2. The van der Waals surface area contributed by atoms with E-state index in [-0.39, 0.29) is 98.8 Å². The summed E-state index contributed by atoms with van der Waals surface area (Å²) in [5, 5.41) is 0. The Hall–Kier alpha value is -12.3. The molecular formula is C110H96F28O8. The highest BCUT2D eigenvalue weighted by molar-refractivity contribution is 5.69. The zero-order valence-corrected chi connectivity index (χ0v) is 78.7. The largest absolute Gasteiger partial charge is 0.487 e. The van der Waals surface area contributed by atoms with Crippen LogP contribution in [0.3, 0.4) is 0 Å². The molecule has 0 bridgehead atoms. The zero-order chi connectivity index (χ0) is 105. The maximum atomic E-state index is 14.8. The van der Waals surface area contributed by atoms with Gasteiger partial charge in [-0.2, -0.15) is 0 Å². The molecule has 12 aromatic rings. The maximum absolute atomic E-state index is 14.8. The van der Waals surface area contributed by atoms with Gasteiger partial charge in [-0.05, 0) is 302 Å². The highest BCUT2D eigenvalue weighted by Crippen LogP contribution is 2.44. The summed E-state index contributed by atoms with van der Waals surface area (Å²) in [4.78, 5) is 0. The van der Waals surface area contributed by atoms with Gasteiger partial charge in [-0.1, -0.05) is 53.4 Å². The number of hydrogen-bond donors (Lipinski definition) is 0. The molecule has 4 heterocycles. The minimum absolute atomic E-state index is 0.000896. The van der Waals surface area contributed by atoms with Gasteiger partial charge < -0.3 is 37.9 Å². The number of ether oxygens (including phenoxy) is 8. The normalized spacial score (nSPS) is 17.8. The first-order chi connectivity index (χ1) is 69.7. The summed E-state index contributed by atoms with van der Waals surface area (Å²) in [5.74, 6) is -36.9. The smallest absolute Gasteiger partial charge is 0.194 e. The fourth-order valence-corrected chi connectivity index (χ4v) is 17.5. The van der Waals surface area contributed by atoms with Crippen molar-refractivity contribution < 1.29 is 161 Å². The topological polar surface area (TPSA) is 73.8 Å². The van der Waals surface area contributed by atoms with E-state index < -0.39 is 255 Å². The molecule has 0 aliphatic carbocycles. The lowest BCUT2D eigenvalue weighted by atomic mass is 9.93. The Morgan fingerprint density at radius 1 is 0.205 bits per heavy atom. The van der Waals surface area contributed by atoms with Gasteiger partial charge in [0.2, 0.25) is 0 Å². The van der Waals surface area contributed by atoms with Gasteiger partial charge in [0.15, 0.2) is 139 Å². The molecule has 780 valence electrons. The molecule has 0 spiro atoms. The van der Waals surface area contributed by atoms with Crippen molar-refractivity contribution in [1.29, 1.82) is 0 Å². The van der Waals surface area contributed by atoms with Gasteiger partial charge >= 0.3 is 0 Å². The standard InChI is InChI=1S/C29H27F7O2.C28H25F7O2.C27H23F7O2.C26H21F7O2/c1-2-3-4-5-16-8-24(34)29(25(35)9-16)38-15-17-6-7-26(37-14-17)18-10-20(30)27(21(31)11-18)19-12-22(32)28(36)23(33)13-19;1-2-3-4-15-7-23(33)28(24(34)8-15)37-14-16-5-6-25(36-13-16)17-9-19(29)26(20(30)10-17)18-11-21(31)27(35)22(32)12-18;1-2-3-14-6-22(32)27(23(33)7-14)36-13-15-4-5-24(35-12-15)16-8-18(28)25(19(29)9-16)17-10-20(30)26(34)21(31)11-17;1-2-13-5-21(31)26(22(32)6-13)35-12-14-3-4-23(34-11-14)15-7-17(27)24(18(28)8-15)16-9-19(29)25(33)20(30)10-16/h8-13,17,26H,2-7,14-15H2,1H3;7-12,16,25H,2-6,13-14H2,1H3;6-11,15,24H,2-5,12-13H2,1H3;5-10,14,23H,2-4,11-12H2,1H3. The van der Waals surface area contributed by atoms with Crippen molar-refractivity contribution in [1.82, 2.24) is 0 Å². The molecule has 16 rings (SSSR count). The maximum Gasteiger partial charge on any atom is 0.194 e. The molecule has 0 saturated carbocycles. The first kappa shape index (κ1) is 111. The predicted molar refractivity (Wildman–Crippen MR) is 485 cm³/mol. The van der Waals surface area contributed by atoms with E-state index in [1.807, 2.05) is 20.8 Å². The van der Waals surface area contributed by atoms with Crippen LogP contribution >= 0.6 is 0 Å². The monoisotopic (exact) mass is 2080 g/mol. The van der Waals surface area contributed by atoms with Crippen molar-refractivity contribution >= 4 is 0 Å². The van der Waals surface area contributed by atoms with Gasteiger partial charge in [-0.3, -0.25) is 0 Å². The molecule has 0 radical (unpaired) electrons. The molecule has 4 aliphatic rings. The molecule has 4 fully saturated rings. The Bertz CT molecular complexity index is 6330. The summed E-state index contributed by atoms with van der Waals surface area (Å²) in [6, 6.07) is 22.2. The lowest BCUT2D eigenvalue weighted by molar-refractivity contribution is -0.0294. The Morgan fingerprint density at radius 3 is 0.589 bits per heavy atom.